The lowest BCUT2D eigenvalue weighted by Gasteiger charge is -2.22. The van der Waals surface area contributed by atoms with Crippen molar-refractivity contribution in [2.75, 3.05) is 28.0 Å². The van der Waals surface area contributed by atoms with Crippen molar-refractivity contribution in [1.29, 1.82) is 0 Å². The largest absolute Gasteiger partial charge is 0.465 e. The van der Waals surface area contributed by atoms with E-state index in [2.05, 4.69) is 108 Å². The molecule has 0 unspecified atom stereocenters. The van der Waals surface area contributed by atoms with Crippen LogP contribution in [0.5, 0.6) is 0 Å². The molecule has 0 radical (unpaired) electrons. The van der Waals surface area contributed by atoms with Gasteiger partial charge in [0.15, 0.2) is 23.3 Å². The number of hydrogen-bond acceptors (Lipinski definition) is 24. The smallest absolute Gasteiger partial charge is 0.337 e. The number of hydrogen-bond donors (Lipinski definition) is 4. The third kappa shape index (κ3) is 19.5. The van der Waals surface area contributed by atoms with E-state index >= 15 is 0 Å². The van der Waals surface area contributed by atoms with Gasteiger partial charge in [-0.05, 0) is 58.0 Å². The number of aromatic nitrogens is 16. The maximum absolute atomic E-state index is 11.5. The van der Waals surface area contributed by atoms with Crippen LogP contribution in [0.2, 0.25) is 0 Å². The van der Waals surface area contributed by atoms with Gasteiger partial charge < -0.3 is 25.6 Å². The minimum absolute atomic E-state index is 0. The quantitative estimate of drug-likeness (QED) is 0.0418. The number of methoxy groups -OCH3 is 1. The molecule has 0 bridgehead atoms. The van der Waals surface area contributed by atoms with Gasteiger partial charge in [0, 0.05) is 105 Å². The average Bonchev–Trinajstić information content (AvgIpc) is 3.48. The molecule has 384 valence electrons. The number of carbonyl (C=O) groups is 2. The Labute approximate surface area is 449 Å². The number of nitrogen functional groups attached to an aromatic ring is 1. The first-order chi connectivity index (χ1) is 36.8. The van der Waals surface area contributed by atoms with Crippen molar-refractivity contribution in [2.45, 2.75) is 20.5 Å². The van der Waals surface area contributed by atoms with E-state index in [1.54, 1.807) is 184 Å². The summed E-state index contributed by atoms with van der Waals surface area (Å²) in [6, 6.07) is 14.0. The predicted octanol–water partition coefficient (Wildman–Crippen LogP) is 6.90. The maximum Gasteiger partial charge on any atom is 0.337 e. The van der Waals surface area contributed by atoms with Crippen LogP contribution >= 0.6 is 22.6 Å². The highest BCUT2D eigenvalue weighted by Gasteiger charge is 2.15. The molecule has 1 amide bonds. The number of nitrogens with zero attached hydrogens (tertiary/aromatic N) is 18. The first-order valence-corrected chi connectivity index (χ1v) is 22.9. The molecule has 0 spiro atoms. The van der Waals surface area contributed by atoms with Crippen molar-refractivity contribution in [3.8, 4) is 0 Å². The zero-order chi connectivity index (χ0) is 52.7. The molecule has 26 heteroatoms. The van der Waals surface area contributed by atoms with Crippen LogP contribution < -0.4 is 26.3 Å². The Morgan fingerprint density at radius 3 is 1.11 bits per heavy atom. The number of ether oxygens (including phenoxy) is 1. The Bertz CT molecular complexity index is 2850. The van der Waals surface area contributed by atoms with Crippen LogP contribution in [-0.2, 0) is 17.8 Å². The number of halogens is 1. The molecule has 10 rings (SSSR count). The van der Waals surface area contributed by atoms with Gasteiger partial charge in [0.2, 0.25) is 0 Å². The van der Waals surface area contributed by atoms with E-state index in [0.717, 1.165) is 14.8 Å². The number of carbonyl (C=O) groups excluding carboxylic acids is 2. The molecule has 0 saturated carbocycles. The number of nitrogens with one attached hydrogen (secondary N) is 2. The van der Waals surface area contributed by atoms with Crippen molar-refractivity contribution in [3.63, 3.8) is 0 Å². The number of nitrogens with two attached hydrogens (primary N) is 1. The topological polar surface area (TPSA) is 326 Å². The second kappa shape index (κ2) is 32.1. The highest BCUT2D eigenvalue weighted by atomic mass is 127. The maximum atomic E-state index is 11.5. The van der Waals surface area contributed by atoms with E-state index in [4.69, 9.17) is 15.7 Å². The van der Waals surface area contributed by atoms with Crippen LogP contribution in [0.1, 0.15) is 39.3 Å². The Morgan fingerprint density at radius 1 is 0.487 bits per heavy atom. The summed E-state index contributed by atoms with van der Waals surface area (Å²) >= 11 is 2.11. The molecular weight excluding hydrogens is 1090 g/mol. The summed E-state index contributed by atoms with van der Waals surface area (Å²) in [5, 5.41) is 11.6. The second-order valence-corrected chi connectivity index (χ2v) is 15.3. The van der Waals surface area contributed by atoms with E-state index in [-0.39, 0.29) is 13.4 Å². The summed E-state index contributed by atoms with van der Waals surface area (Å²) in [7, 11) is 1.36. The lowest BCUT2D eigenvalue weighted by molar-refractivity contribution is 0.0600. The van der Waals surface area contributed by atoms with Gasteiger partial charge in [-0.2, -0.15) is 0 Å². The molecular formula is C50H48IN21O4. The van der Waals surface area contributed by atoms with Crippen LogP contribution in [-0.4, -0.2) is 104 Å². The molecule has 8 aromatic heterocycles. The van der Waals surface area contributed by atoms with Gasteiger partial charge in [-0.3, -0.25) is 49.9 Å². The van der Waals surface area contributed by atoms with E-state index in [9.17, 15) is 9.59 Å². The van der Waals surface area contributed by atoms with E-state index in [1.807, 2.05) is 21.9 Å². The SMILES string of the molecule is C.COC(=O)c1ccc(CN(c2cnccn2)c2cnccn2)cc1.Ic1cnccn1.Nc1cnccn1.O=C(NO)c1ccc(CN(c2cnccn2)c2cnccn2)cc1.c1cnc(Nc2cnccn2)cn1. The van der Waals surface area contributed by atoms with Crippen LogP contribution in [0.15, 0.2) is 197 Å². The summed E-state index contributed by atoms with van der Waals surface area (Å²) in [4.78, 5) is 91.3. The summed E-state index contributed by atoms with van der Waals surface area (Å²) in [5.74, 6) is 3.45. The van der Waals surface area contributed by atoms with E-state index in [1.165, 1.54) is 13.3 Å². The lowest BCUT2D eigenvalue weighted by atomic mass is 10.1. The number of benzene rings is 2. The first kappa shape index (κ1) is 56.8. The highest BCUT2D eigenvalue weighted by Crippen LogP contribution is 2.24. The normalized spacial score (nSPS) is 9.67. The fourth-order valence-electron chi connectivity index (χ4n) is 5.79. The molecule has 0 saturated heterocycles. The molecule has 5 N–H and O–H groups in total. The molecule has 2 aromatic carbocycles. The fourth-order valence-corrected chi connectivity index (χ4v) is 6.11. The van der Waals surface area contributed by atoms with Gasteiger partial charge in [0.25, 0.3) is 5.91 Å². The molecule has 8 heterocycles. The average molecular weight is 1130 g/mol. The van der Waals surface area contributed by atoms with Crippen molar-refractivity contribution in [2.24, 2.45) is 0 Å². The van der Waals surface area contributed by atoms with Gasteiger partial charge in [-0.25, -0.2) is 50.1 Å². The van der Waals surface area contributed by atoms with E-state index < -0.39 is 5.91 Å². The van der Waals surface area contributed by atoms with Crippen LogP contribution in [0.4, 0.5) is 40.7 Å². The van der Waals surface area contributed by atoms with Crippen molar-refractivity contribution in [3.05, 3.63) is 223 Å². The minimum Gasteiger partial charge on any atom is -0.465 e. The van der Waals surface area contributed by atoms with Crippen LogP contribution in [0.3, 0.4) is 0 Å². The second-order valence-electron chi connectivity index (χ2n) is 14.2. The van der Waals surface area contributed by atoms with Gasteiger partial charge in [0.1, 0.15) is 21.2 Å². The Morgan fingerprint density at radius 2 is 0.842 bits per heavy atom. The van der Waals surface area contributed by atoms with Crippen LogP contribution in [0.25, 0.3) is 0 Å². The van der Waals surface area contributed by atoms with Gasteiger partial charge in [0.05, 0.1) is 75.3 Å². The number of esters is 1. The van der Waals surface area contributed by atoms with E-state index in [0.29, 0.717) is 64.9 Å². The molecule has 76 heavy (non-hydrogen) atoms. The first-order valence-electron chi connectivity index (χ1n) is 21.8. The fraction of sp³-hybridized carbons (Fsp3) is 0.0800. The highest BCUT2D eigenvalue weighted by molar-refractivity contribution is 14.1. The monoisotopic (exact) mass is 1130 g/mol. The summed E-state index contributed by atoms with van der Waals surface area (Å²) in [6.07, 6.45) is 38.8. The molecule has 0 fully saturated rings. The zero-order valence-electron chi connectivity index (χ0n) is 39.6. The Balaban J connectivity index is 0.000000190. The third-order valence-electron chi connectivity index (χ3n) is 9.18. The third-order valence-corrected chi connectivity index (χ3v) is 9.73. The van der Waals surface area contributed by atoms with Crippen molar-refractivity contribution in [1.82, 2.24) is 85.2 Å². The Hall–Kier alpha value is -10.1. The molecule has 0 aliphatic carbocycles. The lowest BCUT2D eigenvalue weighted by Crippen LogP contribution is -2.20. The van der Waals surface area contributed by atoms with Crippen molar-refractivity contribution < 1.29 is 19.5 Å². The Kier molecular flexibility index (Phi) is 24.0. The van der Waals surface area contributed by atoms with Crippen molar-refractivity contribution >= 4 is 75.2 Å². The minimum atomic E-state index is -0.554. The number of amides is 1. The number of hydroxylamine groups is 1. The van der Waals surface area contributed by atoms with Gasteiger partial charge >= 0.3 is 5.97 Å². The van der Waals surface area contributed by atoms with Gasteiger partial charge in [-0.1, -0.05) is 31.7 Å². The summed E-state index contributed by atoms with van der Waals surface area (Å²) in [5.41, 5.74) is 9.58. The predicted molar refractivity (Wildman–Crippen MR) is 289 cm³/mol. The van der Waals surface area contributed by atoms with Crippen LogP contribution in [0, 0.1) is 3.70 Å². The number of anilines is 7. The standard InChI is InChI=1S/C17H15N5O2.C16H14N6O2.C8H7N5.C4H3IN2.C4H5N3.CH4/c1-24-17(23)14-4-2-13(3-5-14)12-22(15-10-18-6-8-20-15)16-11-19-7-9-21-16;23-16(21-24)13-3-1-12(2-4-13)11-22(14-9-17-5-7-19-14)15-10-18-6-8-20-15;1-3-11-7(5-9-1)13-8-6-10-2-4-12-8;2*5-4-3-6-1-2-7-4;/h2-11H,12H2,1H3;1-10,24H,11H2,(H,21,23);1-6H,(H,11,12,13);1-3H;1-3H,(H2,5,7);1H4. The molecule has 0 aliphatic heterocycles. The summed E-state index contributed by atoms with van der Waals surface area (Å²) in [6.45, 7) is 0.983. The molecule has 25 nitrogen and oxygen atoms in total. The molecule has 0 aliphatic rings. The zero-order valence-corrected chi connectivity index (χ0v) is 41.7. The molecule has 10 aromatic rings. The molecule has 0 atom stereocenters. The van der Waals surface area contributed by atoms with Gasteiger partial charge in [-0.15, -0.1) is 0 Å². The summed E-state index contributed by atoms with van der Waals surface area (Å²) < 4.78 is 5.64. The number of rotatable bonds is 12.